The summed E-state index contributed by atoms with van der Waals surface area (Å²) in [6.07, 6.45) is -1.58. The molecule has 1 atom stereocenters. The van der Waals surface area contributed by atoms with E-state index in [-0.39, 0.29) is 12.0 Å². The Morgan fingerprint density at radius 3 is 2.71 bits per heavy atom. The lowest BCUT2D eigenvalue weighted by Gasteiger charge is -2.18. The Kier molecular flexibility index (Phi) is 4.65. The van der Waals surface area contributed by atoms with Gasteiger partial charge in [0.2, 0.25) is 5.88 Å². The number of fused-ring (bicyclic) bond motifs is 3. The molecule has 0 unspecified atom stereocenters. The molecule has 0 aromatic carbocycles. The van der Waals surface area contributed by atoms with Crippen LogP contribution >= 0.6 is 11.3 Å². The van der Waals surface area contributed by atoms with E-state index in [0.717, 1.165) is 49.8 Å². The van der Waals surface area contributed by atoms with Crippen LogP contribution in [0.1, 0.15) is 23.2 Å². The van der Waals surface area contributed by atoms with Gasteiger partial charge in [0.05, 0.1) is 28.0 Å². The molecule has 1 fully saturated rings. The maximum absolute atomic E-state index is 12.7. The third-order valence-corrected chi connectivity index (χ3v) is 6.50. The van der Waals surface area contributed by atoms with E-state index in [1.54, 1.807) is 6.33 Å². The van der Waals surface area contributed by atoms with E-state index in [0.29, 0.717) is 19.5 Å². The number of hydrogen-bond acceptors (Lipinski definition) is 8. The number of nitrogens with zero attached hydrogens (tertiary/aromatic N) is 6. The van der Waals surface area contributed by atoms with Gasteiger partial charge in [0.1, 0.15) is 23.1 Å². The average molecular weight is 446 g/mol. The zero-order valence-electron chi connectivity index (χ0n) is 16.6. The van der Waals surface area contributed by atoms with E-state index in [1.807, 2.05) is 13.8 Å². The second-order valence-corrected chi connectivity index (χ2v) is 8.42. The van der Waals surface area contributed by atoms with Crippen molar-refractivity contribution in [2.75, 3.05) is 18.0 Å². The van der Waals surface area contributed by atoms with Crippen LogP contribution in [0.3, 0.4) is 0 Å². The summed E-state index contributed by atoms with van der Waals surface area (Å²) in [5, 5.41) is 9.52. The minimum absolute atomic E-state index is 0.177. The third-order valence-electron chi connectivity index (χ3n) is 5.44. The Bertz CT molecular complexity index is 1270. The Balaban J connectivity index is 1.39. The normalized spacial score (nSPS) is 17.1. The van der Waals surface area contributed by atoms with Gasteiger partial charge in [-0.05, 0) is 25.5 Å². The van der Waals surface area contributed by atoms with Gasteiger partial charge in [0.15, 0.2) is 0 Å². The summed E-state index contributed by atoms with van der Waals surface area (Å²) in [4.78, 5) is 15.7. The number of thiophene rings is 1. The smallest absolute Gasteiger partial charge is 0.417 e. The molecule has 0 aliphatic carbocycles. The van der Waals surface area contributed by atoms with E-state index >= 15 is 0 Å². The molecule has 160 valence electrons. The highest BCUT2D eigenvalue weighted by molar-refractivity contribution is 7.26. The fraction of sp³-hybridized carbons (Fsp3) is 0.350. The van der Waals surface area contributed by atoms with Crippen LogP contribution in [0.4, 0.5) is 19.0 Å². The summed E-state index contributed by atoms with van der Waals surface area (Å²) < 4.78 is 44.9. The predicted molar refractivity (Wildman–Crippen MR) is 110 cm³/mol. The van der Waals surface area contributed by atoms with Crippen molar-refractivity contribution < 1.29 is 17.9 Å². The molecular weight excluding hydrogens is 429 g/mol. The predicted octanol–water partition coefficient (Wildman–Crippen LogP) is 4.32. The highest BCUT2D eigenvalue weighted by Gasteiger charge is 2.31. The second-order valence-electron chi connectivity index (χ2n) is 7.43. The first-order valence-electron chi connectivity index (χ1n) is 9.63. The van der Waals surface area contributed by atoms with Crippen molar-refractivity contribution >= 4 is 37.6 Å². The number of ether oxygens (including phenoxy) is 1. The molecule has 5 rings (SSSR count). The van der Waals surface area contributed by atoms with Gasteiger partial charge in [-0.15, -0.1) is 16.4 Å². The van der Waals surface area contributed by atoms with Gasteiger partial charge in [-0.3, -0.25) is 0 Å². The van der Waals surface area contributed by atoms with Crippen molar-refractivity contribution in [3.63, 3.8) is 0 Å². The fourth-order valence-electron chi connectivity index (χ4n) is 3.70. The van der Waals surface area contributed by atoms with Gasteiger partial charge in [0.25, 0.3) is 0 Å². The minimum Gasteiger partial charge on any atom is -0.472 e. The van der Waals surface area contributed by atoms with E-state index in [2.05, 4.69) is 30.0 Å². The standard InChI is InChI=1S/C20H17F3N6OS/c1-10-11(2)27-28-19-15(10)16-17(31-19)18(26-9-25-16)29-6-5-13(8-29)30-14-4-3-12(7-24-14)20(21,22)23/h3-4,7,9,13H,5-6,8H2,1-2H3/t13-/m0/s1. The molecule has 4 aromatic heterocycles. The van der Waals surface area contributed by atoms with Gasteiger partial charge in [0, 0.05) is 30.6 Å². The lowest BCUT2D eigenvalue weighted by Crippen LogP contribution is -2.25. The Hall–Kier alpha value is -3.08. The summed E-state index contributed by atoms with van der Waals surface area (Å²) >= 11 is 1.51. The van der Waals surface area contributed by atoms with Crippen molar-refractivity contribution in [2.45, 2.75) is 32.5 Å². The first-order chi connectivity index (χ1) is 14.8. The molecule has 4 aromatic rings. The molecule has 1 saturated heterocycles. The van der Waals surface area contributed by atoms with Crippen molar-refractivity contribution in [2.24, 2.45) is 0 Å². The summed E-state index contributed by atoms with van der Waals surface area (Å²) in [5.41, 5.74) is 1.98. The highest BCUT2D eigenvalue weighted by Crippen LogP contribution is 2.39. The molecule has 5 heterocycles. The molecule has 1 aliphatic rings. The molecule has 7 nitrogen and oxygen atoms in total. The van der Waals surface area contributed by atoms with Gasteiger partial charge < -0.3 is 9.64 Å². The van der Waals surface area contributed by atoms with Crippen LogP contribution < -0.4 is 9.64 Å². The maximum Gasteiger partial charge on any atom is 0.417 e. The van der Waals surface area contributed by atoms with Gasteiger partial charge >= 0.3 is 6.18 Å². The lowest BCUT2D eigenvalue weighted by molar-refractivity contribution is -0.137. The van der Waals surface area contributed by atoms with Crippen LogP contribution in [0.15, 0.2) is 24.7 Å². The van der Waals surface area contributed by atoms with Gasteiger partial charge in [-0.2, -0.15) is 18.3 Å². The van der Waals surface area contributed by atoms with E-state index in [9.17, 15) is 13.2 Å². The van der Waals surface area contributed by atoms with Crippen LogP contribution in [-0.4, -0.2) is 44.3 Å². The highest BCUT2D eigenvalue weighted by atomic mass is 32.1. The topological polar surface area (TPSA) is 76.9 Å². The molecule has 0 amide bonds. The number of aromatic nitrogens is 5. The van der Waals surface area contributed by atoms with E-state index in [4.69, 9.17) is 4.74 Å². The molecule has 31 heavy (non-hydrogen) atoms. The number of rotatable bonds is 3. The summed E-state index contributed by atoms with van der Waals surface area (Å²) in [7, 11) is 0. The van der Waals surface area contributed by atoms with Gasteiger partial charge in [-0.25, -0.2) is 15.0 Å². The third kappa shape index (κ3) is 3.52. The molecule has 0 spiro atoms. The first kappa shape index (κ1) is 19.9. The largest absolute Gasteiger partial charge is 0.472 e. The zero-order valence-corrected chi connectivity index (χ0v) is 17.5. The Morgan fingerprint density at radius 1 is 1.13 bits per heavy atom. The zero-order chi connectivity index (χ0) is 21.8. The molecule has 11 heteroatoms. The number of pyridine rings is 1. The Morgan fingerprint density at radius 2 is 1.97 bits per heavy atom. The SMILES string of the molecule is Cc1nnc2sc3c(N4CC[C@H](Oc5ccc(C(F)(F)F)cn5)C4)ncnc3c2c1C. The van der Waals surface area contributed by atoms with E-state index in [1.165, 1.54) is 17.4 Å². The fourth-order valence-corrected chi connectivity index (χ4v) is 4.85. The first-order valence-corrected chi connectivity index (χ1v) is 10.4. The van der Waals surface area contributed by atoms with Crippen molar-refractivity contribution in [1.29, 1.82) is 0 Å². The number of alkyl halides is 3. The quantitative estimate of drug-likeness (QED) is 0.464. The average Bonchev–Trinajstić information content (AvgIpc) is 3.35. The van der Waals surface area contributed by atoms with E-state index < -0.39 is 11.7 Å². The molecule has 0 saturated carbocycles. The summed E-state index contributed by atoms with van der Waals surface area (Å²) in [6, 6.07) is 2.23. The molecule has 0 bridgehead atoms. The maximum atomic E-state index is 12.7. The van der Waals surface area contributed by atoms with Crippen molar-refractivity contribution in [1.82, 2.24) is 25.1 Å². The van der Waals surface area contributed by atoms with Crippen molar-refractivity contribution in [3.05, 3.63) is 41.5 Å². The Labute approximate surface area is 178 Å². The van der Waals surface area contributed by atoms with Crippen molar-refractivity contribution in [3.8, 4) is 5.88 Å². The number of hydrogen-bond donors (Lipinski definition) is 0. The number of anilines is 1. The monoisotopic (exact) mass is 446 g/mol. The summed E-state index contributed by atoms with van der Waals surface area (Å²) in [6.45, 7) is 5.18. The van der Waals surface area contributed by atoms with Crippen LogP contribution in [-0.2, 0) is 6.18 Å². The molecular formula is C20H17F3N6OS. The number of halogens is 3. The molecule has 0 N–H and O–H groups in total. The summed E-state index contributed by atoms with van der Waals surface area (Å²) in [5.74, 6) is 0.979. The van der Waals surface area contributed by atoms with Crippen LogP contribution in [0, 0.1) is 13.8 Å². The molecule has 1 aliphatic heterocycles. The molecule has 0 radical (unpaired) electrons. The minimum atomic E-state index is -4.42. The van der Waals surface area contributed by atoms with Crippen LogP contribution in [0.5, 0.6) is 5.88 Å². The lowest BCUT2D eigenvalue weighted by atomic mass is 10.1. The van der Waals surface area contributed by atoms with Crippen LogP contribution in [0.25, 0.3) is 20.4 Å². The second kappa shape index (κ2) is 7.26. The van der Waals surface area contributed by atoms with Crippen LogP contribution in [0.2, 0.25) is 0 Å². The number of aryl methyl sites for hydroxylation is 2. The van der Waals surface area contributed by atoms with Gasteiger partial charge in [-0.1, -0.05) is 0 Å².